The van der Waals surface area contributed by atoms with Gasteiger partial charge < -0.3 is 25.0 Å². The Hall–Kier alpha value is -4.93. The van der Waals surface area contributed by atoms with Gasteiger partial charge in [0.15, 0.2) is 6.23 Å². The van der Waals surface area contributed by atoms with Crippen LogP contribution in [0, 0.1) is 5.41 Å². The van der Waals surface area contributed by atoms with Gasteiger partial charge in [0.25, 0.3) is 5.91 Å². The van der Waals surface area contributed by atoms with Crippen molar-refractivity contribution in [3.05, 3.63) is 112 Å². The van der Waals surface area contributed by atoms with E-state index in [1.165, 1.54) is 16.0 Å². The van der Waals surface area contributed by atoms with Gasteiger partial charge in [-0.3, -0.25) is 9.69 Å². The number of nitrogens with one attached hydrogen (secondary N) is 2. The number of thiophene rings is 1. The Balaban J connectivity index is 1.13. The zero-order valence-electron chi connectivity index (χ0n) is 27.1. The van der Waals surface area contributed by atoms with Crippen LogP contribution in [0.1, 0.15) is 58.7 Å². The van der Waals surface area contributed by atoms with Gasteiger partial charge in [0, 0.05) is 52.7 Å². The molecular weight excluding hydrogens is 623 g/mol. The Morgan fingerprint density at radius 1 is 1.06 bits per heavy atom. The number of carbonyl (C=O) groups is 2. The summed E-state index contributed by atoms with van der Waals surface area (Å²) in [6.45, 7) is 7.72. The third kappa shape index (κ3) is 7.00. The largest absolute Gasteiger partial charge is 0.478 e. The zero-order valence-corrected chi connectivity index (χ0v) is 27.9. The second-order valence-corrected chi connectivity index (χ2v) is 14.3. The summed E-state index contributed by atoms with van der Waals surface area (Å²) >= 11 is 1.69. The van der Waals surface area contributed by atoms with Crippen molar-refractivity contribution in [3.63, 3.8) is 0 Å². The average Bonchev–Trinajstić information content (AvgIpc) is 3.76. The van der Waals surface area contributed by atoms with Crippen molar-refractivity contribution in [2.24, 2.45) is 5.41 Å². The van der Waals surface area contributed by atoms with Crippen LogP contribution in [-0.2, 0) is 0 Å². The molecule has 2 aromatic carbocycles. The minimum absolute atomic E-state index is 0.106. The van der Waals surface area contributed by atoms with Gasteiger partial charge in [0.1, 0.15) is 11.4 Å². The van der Waals surface area contributed by atoms with E-state index in [9.17, 15) is 14.7 Å². The number of allylic oxidation sites excluding steroid dienone is 1. The molecule has 246 valence electrons. The van der Waals surface area contributed by atoms with Gasteiger partial charge in [-0.25, -0.2) is 9.78 Å². The van der Waals surface area contributed by atoms with E-state index >= 15 is 0 Å². The normalized spacial score (nSPS) is 18.2. The van der Waals surface area contributed by atoms with E-state index in [4.69, 9.17) is 4.74 Å². The Kier molecular flexibility index (Phi) is 8.77. The fraction of sp³-hybridized carbons (Fsp3) is 0.289. The summed E-state index contributed by atoms with van der Waals surface area (Å²) in [6.07, 6.45) is 6.42. The van der Waals surface area contributed by atoms with Crippen molar-refractivity contribution in [1.29, 1.82) is 0 Å². The number of carboxylic acids is 1. The monoisotopic (exact) mass is 661 g/mol. The fourth-order valence-corrected chi connectivity index (χ4v) is 7.61. The molecule has 1 unspecified atom stereocenters. The smallest absolute Gasteiger partial charge is 0.335 e. The topological polar surface area (TPSA) is 111 Å². The maximum absolute atomic E-state index is 12.8. The Morgan fingerprint density at radius 2 is 1.88 bits per heavy atom. The molecule has 7 rings (SSSR count). The molecule has 10 heteroatoms. The Morgan fingerprint density at radius 3 is 2.67 bits per heavy atom. The molecule has 1 aliphatic heterocycles. The van der Waals surface area contributed by atoms with Gasteiger partial charge >= 0.3 is 5.97 Å². The summed E-state index contributed by atoms with van der Waals surface area (Å²) in [5.74, 6) is -0.365. The van der Waals surface area contributed by atoms with E-state index in [1.54, 1.807) is 29.7 Å². The highest BCUT2D eigenvalue weighted by atomic mass is 32.1. The van der Waals surface area contributed by atoms with E-state index < -0.39 is 5.97 Å². The van der Waals surface area contributed by atoms with Gasteiger partial charge in [-0.15, -0.1) is 11.3 Å². The highest BCUT2D eigenvalue weighted by Gasteiger charge is 2.33. The third-order valence-electron chi connectivity index (χ3n) is 9.30. The van der Waals surface area contributed by atoms with E-state index in [-0.39, 0.29) is 23.1 Å². The number of pyridine rings is 1. The number of nitrogens with zero attached hydrogens (tertiary/aromatic N) is 3. The van der Waals surface area contributed by atoms with Gasteiger partial charge in [0.2, 0.25) is 0 Å². The lowest BCUT2D eigenvalue weighted by Gasteiger charge is -2.43. The Labute approximate surface area is 283 Å². The highest BCUT2D eigenvalue weighted by Crippen LogP contribution is 2.45. The number of fused-ring (bicyclic) bond motifs is 1. The SMILES string of the molecule is CC1(C)CCC(CN2CCN(c3ccc(C(=O)O)cc3)C(Oc3cnc4[nH]ccc4c3)C2)=C(c2cc(NC(=O)c3ccccc3)cs2)C1. The van der Waals surface area contributed by atoms with Gasteiger partial charge in [-0.05, 0) is 84.8 Å². The number of rotatable bonds is 9. The molecule has 4 heterocycles. The maximum Gasteiger partial charge on any atom is 0.335 e. The van der Waals surface area contributed by atoms with Gasteiger partial charge in [-0.1, -0.05) is 37.6 Å². The van der Waals surface area contributed by atoms with Crippen LogP contribution in [0.4, 0.5) is 11.4 Å². The third-order valence-corrected chi connectivity index (χ3v) is 10.3. The van der Waals surface area contributed by atoms with Crippen molar-refractivity contribution in [1.82, 2.24) is 14.9 Å². The van der Waals surface area contributed by atoms with Crippen molar-refractivity contribution < 1.29 is 19.4 Å². The minimum Gasteiger partial charge on any atom is -0.478 e. The van der Waals surface area contributed by atoms with Crippen LogP contribution >= 0.6 is 11.3 Å². The predicted octanol–water partition coefficient (Wildman–Crippen LogP) is 7.77. The molecule has 1 fully saturated rings. The molecule has 5 aromatic rings. The molecule has 1 amide bonds. The van der Waals surface area contributed by atoms with E-state index in [0.717, 1.165) is 61.3 Å². The summed E-state index contributed by atoms with van der Waals surface area (Å²) in [4.78, 5) is 37.9. The second-order valence-electron chi connectivity index (χ2n) is 13.4. The van der Waals surface area contributed by atoms with Crippen LogP contribution < -0.4 is 15.0 Å². The zero-order chi connectivity index (χ0) is 33.3. The molecule has 1 aliphatic carbocycles. The number of benzene rings is 2. The number of aromatic carboxylic acids is 1. The first-order valence-corrected chi connectivity index (χ1v) is 17.2. The quantitative estimate of drug-likeness (QED) is 0.148. The van der Waals surface area contributed by atoms with Crippen LogP contribution in [-0.4, -0.2) is 64.3 Å². The van der Waals surface area contributed by atoms with Crippen molar-refractivity contribution in [2.45, 2.75) is 39.3 Å². The number of carbonyl (C=O) groups excluding carboxylic acids is 1. The standard InChI is InChI=1S/C38H39N5O4S/c1-38(2)14-12-28(32(20-38)33-19-29(24-48-33)41-36(44)25-6-4-3-5-7-25)22-42-16-17-43(30-10-8-26(9-11-30)37(45)46)34(23-42)47-31-18-27-13-15-39-35(27)40-21-31/h3-11,13,15,18-19,21,24,34H,12,14,16-17,20,22-23H2,1-2H3,(H,39,40)(H,41,44)(H,45,46). The van der Waals surface area contributed by atoms with Crippen molar-refractivity contribution in [3.8, 4) is 5.75 Å². The summed E-state index contributed by atoms with van der Waals surface area (Å²) in [7, 11) is 0. The molecule has 1 atom stereocenters. The fourth-order valence-electron chi connectivity index (χ4n) is 6.67. The summed E-state index contributed by atoms with van der Waals surface area (Å²) in [5.41, 5.74) is 6.45. The summed E-state index contributed by atoms with van der Waals surface area (Å²) in [5, 5.41) is 15.5. The number of hydrogen-bond acceptors (Lipinski definition) is 7. The molecule has 3 N–H and O–H groups in total. The number of H-pyrrole nitrogens is 1. The summed E-state index contributed by atoms with van der Waals surface area (Å²) < 4.78 is 6.66. The highest BCUT2D eigenvalue weighted by molar-refractivity contribution is 7.11. The summed E-state index contributed by atoms with van der Waals surface area (Å²) in [6, 6.07) is 22.4. The lowest BCUT2D eigenvalue weighted by Crippen LogP contribution is -2.56. The van der Waals surface area contributed by atoms with Crippen LogP contribution in [0.25, 0.3) is 16.6 Å². The molecule has 0 bridgehead atoms. The number of anilines is 2. The number of piperazine rings is 1. The van der Waals surface area contributed by atoms with Crippen LogP contribution in [0.15, 0.2) is 96.1 Å². The molecule has 3 aromatic heterocycles. The van der Waals surface area contributed by atoms with Crippen molar-refractivity contribution >= 4 is 51.2 Å². The Bertz CT molecular complexity index is 1960. The van der Waals surface area contributed by atoms with E-state index in [0.29, 0.717) is 17.9 Å². The molecule has 1 saturated heterocycles. The van der Waals surface area contributed by atoms with Crippen molar-refractivity contribution in [2.75, 3.05) is 36.4 Å². The van der Waals surface area contributed by atoms with E-state index in [1.807, 2.05) is 66.2 Å². The lowest BCUT2D eigenvalue weighted by atomic mass is 9.73. The first-order chi connectivity index (χ1) is 23.2. The predicted molar refractivity (Wildman–Crippen MR) is 191 cm³/mol. The first-order valence-electron chi connectivity index (χ1n) is 16.3. The number of hydrogen-bond donors (Lipinski definition) is 3. The number of aromatic nitrogens is 2. The molecule has 9 nitrogen and oxygen atoms in total. The van der Waals surface area contributed by atoms with Crippen LogP contribution in [0.3, 0.4) is 0 Å². The van der Waals surface area contributed by atoms with Crippen LogP contribution in [0.2, 0.25) is 0 Å². The van der Waals surface area contributed by atoms with Gasteiger partial charge in [-0.2, -0.15) is 0 Å². The molecule has 0 saturated carbocycles. The minimum atomic E-state index is -0.943. The number of ether oxygens (including phenoxy) is 1. The first kappa shape index (κ1) is 31.7. The number of aromatic amines is 1. The van der Waals surface area contributed by atoms with Gasteiger partial charge in [0.05, 0.1) is 24.0 Å². The average molecular weight is 662 g/mol. The molecular formula is C38H39N5O4S. The molecule has 48 heavy (non-hydrogen) atoms. The maximum atomic E-state index is 12.8. The van der Waals surface area contributed by atoms with E-state index in [2.05, 4.69) is 45.0 Å². The lowest BCUT2D eigenvalue weighted by molar-refractivity contribution is 0.0696. The number of amides is 1. The molecule has 0 radical (unpaired) electrons. The molecule has 0 spiro atoms. The van der Waals surface area contributed by atoms with Crippen LogP contribution in [0.5, 0.6) is 5.75 Å². The molecule has 2 aliphatic rings. The number of carboxylic acid groups (broad SMARTS) is 1. The second kappa shape index (κ2) is 13.3.